The normalized spacial score (nSPS) is 51.5. The Kier molecular flexibility index (Phi) is 2.53. The van der Waals surface area contributed by atoms with Gasteiger partial charge in [0.05, 0.1) is 12.1 Å². The predicted molar refractivity (Wildman–Crippen MR) is 104 cm³/mol. The fourth-order valence-electron chi connectivity index (χ4n) is 10.2. The van der Waals surface area contributed by atoms with Gasteiger partial charge in [-0.1, -0.05) is 0 Å². The van der Waals surface area contributed by atoms with Crippen molar-refractivity contribution in [3.05, 3.63) is 32.1 Å². The number of hydrogen-bond acceptors (Lipinski definition) is 2. The van der Waals surface area contributed by atoms with Gasteiger partial charge in [0.1, 0.15) is 0 Å². The van der Waals surface area contributed by atoms with Gasteiger partial charge in [-0.3, -0.25) is 0 Å². The van der Waals surface area contributed by atoms with E-state index in [1.807, 2.05) is 9.36 Å². The smallest absolute Gasteiger partial charge is 0.246 e. The van der Waals surface area contributed by atoms with Gasteiger partial charge in [-0.05, 0) is 110 Å². The van der Waals surface area contributed by atoms with Gasteiger partial charge in [-0.2, -0.15) is 0 Å². The zero-order valence-corrected chi connectivity index (χ0v) is 16.6. The maximum absolute atomic E-state index is 13.3. The molecular weight excluding hydrogens is 350 g/mol. The molecule has 0 bridgehead atoms. The van der Waals surface area contributed by atoms with Crippen molar-refractivity contribution in [1.29, 1.82) is 0 Å². The second-order valence-corrected chi connectivity index (χ2v) is 11.1. The Morgan fingerprint density at radius 3 is 1.54 bits per heavy atom. The summed E-state index contributed by atoms with van der Waals surface area (Å²) in [5.41, 5.74) is 3.27. The molecule has 6 fully saturated rings. The molecule has 8 rings (SSSR count). The third-order valence-corrected chi connectivity index (χ3v) is 10.8. The lowest BCUT2D eigenvalue weighted by atomic mass is 9.83. The number of rotatable bonds is 0. The lowest BCUT2D eigenvalue weighted by molar-refractivity contribution is 0.225. The summed E-state index contributed by atoms with van der Waals surface area (Å²) < 4.78 is 5.39. The molecule has 0 saturated heterocycles. The van der Waals surface area contributed by atoms with Crippen LogP contribution in [0.2, 0.25) is 0 Å². The van der Waals surface area contributed by atoms with Crippen molar-refractivity contribution in [3.8, 4) is 0 Å². The molecule has 8 unspecified atom stereocenters. The van der Waals surface area contributed by atoms with Crippen LogP contribution < -0.4 is 11.4 Å². The molecule has 6 saturated carbocycles. The maximum Gasteiger partial charge on any atom is 0.347 e. The van der Waals surface area contributed by atoms with E-state index in [0.29, 0.717) is 23.7 Å². The van der Waals surface area contributed by atoms with Crippen LogP contribution in [-0.2, 0) is 7.05 Å². The van der Waals surface area contributed by atoms with E-state index in [0.717, 1.165) is 23.7 Å². The zero-order chi connectivity index (χ0) is 18.5. The van der Waals surface area contributed by atoms with Gasteiger partial charge in [0.15, 0.2) is 0 Å². The van der Waals surface area contributed by atoms with E-state index < -0.39 is 0 Å². The summed E-state index contributed by atoms with van der Waals surface area (Å²) in [6, 6.07) is 0.400. The van der Waals surface area contributed by atoms with Crippen molar-refractivity contribution in [3.63, 3.8) is 0 Å². The van der Waals surface area contributed by atoms with Crippen molar-refractivity contribution in [1.82, 2.24) is 13.9 Å². The molecule has 0 radical (unpaired) electrons. The SMILES string of the molecule is Cn1c(=O)n2n(c1=O)C1C(=C3C4CCC5CCC(C32)[C@@H]54)C2CCC3CCC1[C@@H]32. The van der Waals surface area contributed by atoms with Crippen molar-refractivity contribution >= 4 is 0 Å². The number of hydrogen-bond donors (Lipinski definition) is 0. The average Bonchev–Trinajstić information content (AvgIpc) is 3.46. The first-order chi connectivity index (χ1) is 13.7. The Hall–Kier alpha value is -1.52. The first kappa shape index (κ1) is 15.3. The minimum Gasteiger partial charge on any atom is -0.246 e. The highest BCUT2D eigenvalue weighted by Crippen LogP contribution is 2.71. The number of allylic oxidation sites excluding steroid dienone is 2. The molecule has 6 aliphatic carbocycles. The van der Waals surface area contributed by atoms with Crippen molar-refractivity contribution in [2.45, 2.75) is 63.5 Å². The summed E-state index contributed by atoms with van der Waals surface area (Å²) in [4.78, 5) is 26.6. The molecule has 1 aromatic rings. The second-order valence-electron chi connectivity index (χ2n) is 11.1. The van der Waals surface area contributed by atoms with E-state index in [1.165, 1.54) is 55.9 Å². The van der Waals surface area contributed by atoms with E-state index in [9.17, 15) is 9.59 Å². The molecule has 10 atom stereocenters. The predicted octanol–water partition coefficient (Wildman–Crippen LogP) is 2.87. The Labute approximate surface area is 164 Å². The third-order valence-electron chi connectivity index (χ3n) is 10.8. The summed E-state index contributed by atoms with van der Waals surface area (Å²) in [6.07, 6.45) is 10.7. The highest BCUT2D eigenvalue weighted by Gasteiger charge is 2.65. The van der Waals surface area contributed by atoms with E-state index in [-0.39, 0.29) is 23.5 Å². The lowest BCUT2D eigenvalue weighted by Crippen LogP contribution is -2.41. The second kappa shape index (κ2) is 4.62. The Morgan fingerprint density at radius 2 is 1.07 bits per heavy atom. The Balaban J connectivity index is 1.47. The van der Waals surface area contributed by atoms with Gasteiger partial charge >= 0.3 is 11.4 Å². The minimum atomic E-state index is -0.0541. The largest absolute Gasteiger partial charge is 0.347 e. The third kappa shape index (κ3) is 1.39. The van der Waals surface area contributed by atoms with Crippen LogP contribution in [0.4, 0.5) is 0 Å². The fourth-order valence-corrected chi connectivity index (χ4v) is 10.2. The van der Waals surface area contributed by atoms with Crippen LogP contribution in [0.1, 0.15) is 63.5 Å². The van der Waals surface area contributed by atoms with Crippen molar-refractivity contribution < 1.29 is 0 Å². The van der Waals surface area contributed by atoms with E-state index in [1.54, 1.807) is 18.2 Å². The van der Waals surface area contributed by atoms with Crippen molar-refractivity contribution in [2.75, 3.05) is 0 Å². The average molecular weight is 380 g/mol. The van der Waals surface area contributed by atoms with E-state index >= 15 is 0 Å². The summed E-state index contributed by atoms with van der Waals surface area (Å²) in [6.45, 7) is 0. The first-order valence-corrected chi connectivity index (χ1v) is 11.8. The monoisotopic (exact) mass is 379 g/mol. The molecule has 5 nitrogen and oxygen atoms in total. The first-order valence-electron chi connectivity index (χ1n) is 11.8. The standard InChI is InChI=1S/C23H29N3O2/c1-24-22(27)25-20-14-8-4-10-2-6-12(16(10)14)18(20)19-13-7-3-11-5-9-15(17(11)13)21(19)26(25)23(24)28/h10-17,20-21H,2-9H2,1H3/t10?,11?,12?,13?,14?,15?,16-,17-,20?,21?/m0/s1. The highest BCUT2D eigenvalue weighted by molar-refractivity contribution is 5.41. The molecule has 0 amide bonds. The summed E-state index contributed by atoms with van der Waals surface area (Å²) >= 11 is 0. The highest BCUT2D eigenvalue weighted by atomic mass is 16.2. The van der Waals surface area contributed by atoms with Gasteiger partial charge in [0, 0.05) is 7.05 Å². The maximum atomic E-state index is 13.3. The molecular formula is C23H29N3O2. The lowest BCUT2D eigenvalue weighted by Gasteiger charge is -2.36. The molecule has 0 aromatic carbocycles. The van der Waals surface area contributed by atoms with Crippen molar-refractivity contribution in [2.24, 2.45) is 54.4 Å². The molecule has 28 heavy (non-hydrogen) atoms. The van der Waals surface area contributed by atoms with Gasteiger partial charge in [0.2, 0.25) is 0 Å². The van der Waals surface area contributed by atoms with Crippen LogP contribution in [-0.4, -0.2) is 13.9 Å². The minimum absolute atomic E-state index is 0.0541. The Bertz CT molecular complexity index is 991. The number of fused-ring (bicyclic) bond motifs is 9. The van der Waals surface area contributed by atoms with E-state index in [4.69, 9.17) is 0 Å². The number of aromatic nitrogens is 3. The quantitative estimate of drug-likeness (QED) is 0.651. The summed E-state index contributed by atoms with van der Waals surface area (Å²) in [7, 11) is 1.70. The van der Waals surface area contributed by atoms with Gasteiger partial charge < -0.3 is 0 Å². The van der Waals surface area contributed by atoms with Gasteiger partial charge in [0.25, 0.3) is 0 Å². The van der Waals surface area contributed by atoms with Crippen LogP contribution in [0.5, 0.6) is 0 Å². The van der Waals surface area contributed by atoms with Crippen LogP contribution in [0, 0.1) is 47.3 Å². The van der Waals surface area contributed by atoms with Gasteiger partial charge in [-0.25, -0.2) is 23.5 Å². The van der Waals surface area contributed by atoms with Crippen LogP contribution in [0.3, 0.4) is 0 Å². The zero-order valence-electron chi connectivity index (χ0n) is 16.6. The van der Waals surface area contributed by atoms with Crippen LogP contribution in [0.25, 0.3) is 0 Å². The fraction of sp³-hybridized carbons (Fsp3) is 0.826. The van der Waals surface area contributed by atoms with Crippen LogP contribution >= 0.6 is 0 Å². The molecule has 0 spiro atoms. The van der Waals surface area contributed by atoms with Crippen LogP contribution in [0.15, 0.2) is 20.7 Å². The molecule has 5 heteroatoms. The molecule has 7 aliphatic rings. The summed E-state index contributed by atoms with van der Waals surface area (Å²) in [5.74, 6) is 5.98. The topological polar surface area (TPSA) is 48.9 Å². The molecule has 2 heterocycles. The molecule has 148 valence electrons. The molecule has 1 aromatic heterocycles. The molecule has 0 N–H and O–H groups in total. The Morgan fingerprint density at radius 1 is 0.643 bits per heavy atom. The van der Waals surface area contributed by atoms with Gasteiger partial charge in [-0.15, -0.1) is 0 Å². The summed E-state index contributed by atoms with van der Waals surface area (Å²) in [5, 5.41) is 0. The van der Waals surface area contributed by atoms with E-state index in [2.05, 4.69) is 0 Å². The number of nitrogens with zero attached hydrogens (tertiary/aromatic N) is 3. The molecule has 1 aliphatic heterocycles.